The molecule has 1 atom stereocenters. The Labute approximate surface area is 128 Å². The molecule has 4 heteroatoms. The predicted molar refractivity (Wildman–Crippen MR) is 81.7 cm³/mol. The van der Waals surface area contributed by atoms with Crippen LogP contribution in [0.1, 0.15) is 37.7 Å². The van der Waals surface area contributed by atoms with Gasteiger partial charge in [0.1, 0.15) is 11.6 Å². The molecule has 1 aliphatic carbocycles. The van der Waals surface area contributed by atoms with E-state index in [-0.39, 0.29) is 5.82 Å². The van der Waals surface area contributed by atoms with Crippen LogP contribution in [0.15, 0.2) is 16.6 Å². The van der Waals surface area contributed by atoms with Gasteiger partial charge in [0.25, 0.3) is 0 Å². The highest BCUT2D eigenvalue weighted by molar-refractivity contribution is 9.10. The second kappa shape index (κ2) is 6.44. The smallest absolute Gasteiger partial charge is 0.136 e. The molecular formula is C16H21BrFNO. The average Bonchev–Trinajstić information content (AvgIpc) is 3.23. The first-order valence-corrected chi connectivity index (χ1v) is 8.36. The number of ether oxygens (including phenoxy) is 1. The third kappa shape index (κ3) is 3.73. The van der Waals surface area contributed by atoms with Gasteiger partial charge in [-0.2, -0.15) is 0 Å². The molecular weight excluding hydrogens is 321 g/mol. The first-order valence-electron chi connectivity index (χ1n) is 7.56. The van der Waals surface area contributed by atoms with Crippen molar-refractivity contribution in [2.75, 3.05) is 13.2 Å². The summed E-state index contributed by atoms with van der Waals surface area (Å²) in [6.07, 6.45) is 7.03. The lowest BCUT2D eigenvalue weighted by Crippen LogP contribution is -2.35. The van der Waals surface area contributed by atoms with Crippen LogP contribution in [0.3, 0.4) is 0 Å². The van der Waals surface area contributed by atoms with E-state index in [1.54, 1.807) is 6.07 Å². The Kier molecular flexibility index (Phi) is 4.61. The van der Waals surface area contributed by atoms with Crippen molar-refractivity contribution < 1.29 is 9.13 Å². The van der Waals surface area contributed by atoms with Gasteiger partial charge in [0, 0.05) is 6.04 Å². The van der Waals surface area contributed by atoms with Crippen LogP contribution in [0, 0.1) is 11.7 Å². The van der Waals surface area contributed by atoms with Gasteiger partial charge in [0.2, 0.25) is 0 Å². The van der Waals surface area contributed by atoms with Gasteiger partial charge >= 0.3 is 0 Å². The third-order valence-electron chi connectivity index (χ3n) is 4.12. The topological polar surface area (TPSA) is 21.3 Å². The maximum atomic E-state index is 13.7. The quantitative estimate of drug-likeness (QED) is 0.871. The second-order valence-electron chi connectivity index (χ2n) is 5.98. The number of benzene rings is 1. The van der Waals surface area contributed by atoms with E-state index in [4.69, 9.17) is 4.74 Å². The summed E-state index contributed by atoms with van der Waals surface area (Å²) in [5.41, 5.74) is 0.983. The molecule has 1 aromatic rings. The van der Waals surface area contributed by atoms with E-state index in [0.29, 0.717) is 12.0 Å². The summed E-state index contributed by atoms with van der Waals surface area (Å²) in [7, 11) is 0. The number of piperidine rings is 1. The zero-order valence-electron chi connectivity index (χ0n) is 11.6. The molecule has 1 heterocycles. The van der Waals surface area contributed by atoms with Crippen LogP contribution in [0.25, 0.3) is 0 Å². The molecule has 2 fully saturated rings. The van der Waals surface area contributed by atoms with E-state index in [1.165, 1.54) is 31.7 Å². The summed E-state index contributed by atoms with van der Waals surface area (Å²) < 4.78 is 20.4. The highest BCUT2D eigenvalue weighted by atomic mass is 79.9. The number of hydrogen-bond acceptors (Lipinski definition) is 2. The van der Waals surface area contributed by atoms with Crippen LogP contribution in [-0.2, 0) is 6.42 Å². The van der Waals surface area contributed by atoms with Gasteiger partial charge in [0.15, 0.2) is 0 Å². The molecule has 0 aromatic heterocycles. The molecule has 1 saturated heterocycles. The Balaban J connectivity index is 1.74. The molecule has 1 aliphatic heterocycles. The van der Waals surface area contributed by atoms with Crippen molar-refractivity contribution in [2.45, 2.75) is 44.6 Å². The van der Waals surface area contributed by atoms with Gasteiger partial charge in [-0.05, 0) is 78.2 Å². The first kappa shape index (κ1) is 14.3. The number of halogens is 2. The van der Waals surface area contributed by atoms with Crippen molar-refractivity contribution in [3.63, 3.8) is 0 Å². The Morgan fingerprint density at radius 3 is 2.80 bits per heavy atom. The summed E-state index contributed by atoms with van der Waals surface area (Å²) in [6.45, 7) is 1.83. The molecule has 110 valence electrons. The molecule has 20 heavy (non-hydrogen) atoms. The molecule has 1 unspecified atom stereocenters. The molecule has 0 bridgehead atoms. The number of hydrogen-bond donors (Lipinski definition) is 1. The van der Waals surface area contributed by atoms with Crippen LogP contribution >= 0.6 is 15.9 Å². The van der Waals surface area contributed by atoms with Crippen LogP contribution < -0.4 is 10.1 Å². The summed E-state index contributed by atoms with van der Waals surface area (Å²) in [5.74, 6) is 1.35. The normalized spacial score (nSPS) is 22.8. The summed E-state index contributed by atoms with van der Waals surface area (Å²) in [4.78, 5) is 0. The molecule has 2 aliphatic rings. The van der Waals surface area contributed by atoms with Crippen LogP contribution in [0.4, 0.5) is 4.39 Å². The SMILES string of the molecule is Fc1cc(Br)c(OCC2CC2)c(CC2CCCCN2)c1. The largest absolute Gasteiger partial charge is 0.492 e. The zero-order chi connectivity index (χ0) is 13.9. The Bertz CT molecular complexity index is 470. The van der Waals surface area contributed by atoms with Crippen molar-refractivity contribution in [1.82, 2.24) is 5.32 Å². The lowest BCUT2D eigenvalue weighted by atomic mass is 9.97. The highest BCUT2D eigenvalue weighted by Crippen LogP contribution is 2.35. The summed E-state index contributed by atoms with van der Waals surface area (Å²) in [5, 5.41) is 3.52. The monoisotopic (exact) mass is 341 g/mol. The lowest BCUT2D eigenvalue weighted by Gasteiger charge is -2.24. The second-order valence-corrected chi connectivity index (χ2v) is 6.84. The minimum atomic E-state index is -0.193. The molecule has 1 saturated carbocycles. The third-order valence-corrected chi connectivity index (χ3v) is 4.71. The van der Waals surface area contributed by atoms with Gasteiger partial charge in [-0.15, -0.1) is 0 Å². The average molecular weight is 342 g/mol. The molecule has 0 amide bonds. The fourth-order valence-electron chi connectivity index (χ4n) is 2.78. The van der Waals surface area contributed by atoms with Crippen molar-refractivity contribution in [1.29, 1.82) is 0 Å². The summed E-state index contributed by atoms with van der Waals surface area (Å²) in [6, 6.07) is 3.57. The van der Waals surface area contributed by atoms with Gasteiger partial charge in [-0.1, -0.05) is 6.42 Å². The maximum Gasteiger partial charge on any atom is 0.136 e. The molecule has 1 N–H and O–H groups in total. The van der Waals surface area contributed by atoms with Crippen molar-refractivity contribution in [3.05, 3.63) is 28.0 Å². The van der Waals surface area contributed by atoms with Crippen LogP contribution in [0.2, 0.25) is 0 Å². The minimum absolute atomic E-state index is 0.193. The molecule has 0 spiro atoms. The minimum Gasteiger partial charge on any atom is -0.492 e. The number of rotatable bonds is 5. The van der Waals surface area contributed by atoms with Crippen molar-refractivity contribution in [2.24, 2.45) is 5.92 Å². The molecule has 3 rings (SSSR count). The van der Waals surface area contributed by atoms with Crippen molar-refractivity contribution >= 4 is 15.9 Å². The Hall–Kier alpha value is -0.610. The fraction of sp³-hybridized carbons (Fsp3) is 0.625. The van der Waals surface area contributed by atoms with E-state index >= 15 is 0 Å². The highest BCUT2D eigenvalue weighted by Gasteiger charge is 2.24. The molecule has 0 radical (unpaired) electrons. The van der Waals surface area contributed by atoms with E-state index < -0.39 is 0 Å². The maximum absolute atomic E-state index is 13.7. The zero-order valence-corrected chi connectivity index (χ0v) is 13.2. The van der Waals surface area contributed by atoms with E-state index in [9.17, 15) is 4.39 Å². The van der Waals surface area contributed by atoms with Gasteiger partial charge in [-0.25, -0.2) is 4.39 Å². The number of nitrogens with one attached hydrogen (secondary N) is 1. The Morgan fingerprint density at radius 2 is 2.10 bits per heavy atom. The van der Waals surface area contributed by atoms with Gasteiger partial charge < -0.3 is 10.1 Å². The van der Waals surface area contributed by atoms with Crippen molar-refractivity contribution in [3.8, 4) is 5.75 Å². The van der Waals surface area contributed by atoms with Gasteiger partial charge in [0.05, 0.1) is 11.1 Å². The van der Waals surface area contributed by atoms with Crippen LogP contribution in [0.5, 0.6) is 5.75 Å². The van der Waals surface area contributed by atoms with E-state index in [0.717, 1.165) is 41.8 Å². The van der Waals surface area contributed by atoms with E-state index in [1.807, 2.05) is 0 Å². The van der Waals surface area contributed by atoms with Crippen LogP contribution in [-0.4, -0.2) is 19.2 Å². The lowest BCUT2D eigenvalue weighted by molar-refractivity contribution is 0.291. The van der Waals surface area contributed by atoms with E-state index in [2.05, 4.69) is 21.2 Å². The molecule has 2 nitrogen and oxygen atoms in total. The summed E-state index contributed by atoms with van der Waals surface area (Å²) >= 11 is 3.45. The standard InChI is InChI=1S/C16H21BrFNO/c17-15-9-13(18)7-12(8-14-3-1-2-6-19-14)16(15)20-10-11-4-5-11/h7,9,11,14,19H,1-6,8,10H2. The first-order chi connectivity index (χ1) is 9.72. The predicted octanol–water partition coefficient (Wildman–Crippen LogP) is 4.06. The fourth-order valence-corrected chi connectivity index (χ4v) is 3.36. The Morgan fingerprint density at radius 1 is 1.25 bits per heavy atom. The van der Waals surface area contributed by atoms with Gasteiger partial charge in [-0.3, -0.25) is 0 Å². The molecule has 1 aromatic carbocycles.